The van der Waals surface area contributed by atoms with E-state index in [1.54, 1.807) is 0 Å². The molecule has 0 unspecified atom stereocenters. The molecule has 0 radical (unpaired) electrons. The van der Waals surface area contributed by atoms with Crippen LogP contribution in [0.2, 0.25) is 0 Å². The van der Waals surface area contributed by atoms with Crippen molar-refractivity contribution in [3.8, 4) is 0 Å². The van der Waals surface area contributed by atoms with E-state index in [4.69, 9.17) is 0 Å². The second-order valence-corrected chi connectivity index (χ2v) is 4.40. The number of unbranched alkanes of at least 4 members (excludes halogenated alkanes) is 1. The molecule has 0 heterocycles. The summed E-state index contributed by atoms with van der Waals surface area (Å²) in [7, 11) is 0. The van der Waals surface area contributed by atoms with E-state index in [-0.39, 0.29) is 0 Å². The van der Waals surface area contributed by atoms with Gasteiger partial charge in [-0.25, -0.2) is 3.11 Å². The van der Waals surface area contributed by atoms with E-state index in [0.29, 0.717) is 0 Å². The SMILES string of the molecule is CCCCN(I)CCI. The molecule has 0 saturated heterocycles. The lowest BCUT2D eigenvalue weighted by Gasteiger charge is -2.10. The molecule has 0 amide bonds. The summed E-state index contributed by atoms with van der Waals surface area (Å²) in [6.45, 7) is 4.70. The molecule has 0 aliphatic carbocycles. The van der Waals surface area contributed by atoms with Crippen molar-refractivity contribution in [1.29, 1.82) is 0 Å². The molecule has 0 bridgehead atoms. The number of hydrogen-bond acceptors (Lipinski definition) is 1. The van der Waals surface area contributed by atoms with E-state index in [2.05, 4.69) is 55.5 Å². The lowest BCUT2D eigenvalue weighted by Crippen LogP contribution is -2.14. The van der Waals surface area contributed by atoms with Gasteiger partial charge in [0.15, 0.2) is 0 Å². The highest BCUT2D eigenvalue weighted by atomic mass is 127. The molecule has 0 N–H and O–H groups in total. The lowest BCUT2D eigenvalue weighted by atomic mass is 10.3. The Morgan fingerprint density at radius 1 is 1.33 bits per heavy atom. The van der Waals surface area contributed by atoms with Gasteiger partial charge in [-0.1, -0.05) is 35.9 Å². The maximum Gasteiger partial charge on any atom is 0.0201 e. The van der Waals surface area contributed by atoms with Gasteiger partial charge in [-0.3, -0.25) is 0 Å². The normalized spacial score (nSPS) is 10.7. The molecule has 0 atom stereocenters. The predicted molar refractivity (Wildman–Crippen MR) is 59.4 cm³/mol. The van der Waals surface area contributed by atoms with Crippen molar-refractivity contribution >= 4 is 45.5 Å². The fraction of sp³-hybridized carbons (Fsp3) is 1.00. The summed E-state index contributed by atoms with van der Waals surface area (Å²) >= 11 is 4.80. The molecule has 0 fully saturated rings. The molecule has 0 aliphatic heterocycles. The highest BCUT2D eigenvalue weighted by molar-refractivity contribution is 14.1. The minimum Gasteiger partial charge on any atom is -0.247 e. The topological polar surface area (TPSA) is 3.24 Å². The standard InChI is InChI=1S/C6H13I2N/c1-2-3-5-9(8)6-4-7/h2-6H2,1H3. The molecule has 0 aromatic rings. The summed E-state index contributed by atoms with van der Waals surface area (Å²) in [5.41, 5.74) is 0. The smallest absolute Gasteiger partial charge is 0.0201 e. The van der Waals surface area contributed by atoms with Crippen molar-refractivity contribution in [1.82, 2.24) is 3.11 Å². The van der Waals surface area contributed by atoms with Gasteiger partial charge in [-0.05, 0) is 6.42 Å². The average Bonchev–Trinajstić information content (AvgIpc) is 1.85. The first-order valence-electron chi connectivity index (χ1n) is 3.28. The minimum absolute atomic E-state index is 1.22. The van der Waals surface area contributed by atoms with Crippen molar-refractivity contribution in [2.75, 3.05) is 17.5 Å². The summed E-state index contributed by atoms with van der Waals surface area (Å²) in [6, 6.07) is 0. The zero-order valence-electron chi connectivity index (χ0n) is 5.74. The molecule has 0 aromatic heterocycles. The highest BCUT2D eigenvalue weighted by Crippen LogP contribution is 2.02. The number of nitrogens with zero attached hydrogens (tertiary/aromatic N) is 1. The third kappa shape index (κ3) is 7.32. The Labute approximate surface area is 85.2 Å². The molecule has 0 saturated carbocycles. The number of halogens is 2. The van der Waals surface area contributed by atoms with E-state index in [0.717, 1.165) is 0 Å². The molecule has 0 rings (SSSR count). The van der Waals surface area contributed by atoms with E-state index >= 15 is 0 Å². The summed E-state index contributed by atoms with van der Waals surface area (Å²) in [5, 5.41) is 0. The van der Waals surface area contributed by atoms with Crippen LogP contribution in [0.4, 0.5) is 0 Å². The van der Waals surface area contributed by atoms with E-state index < -0.39 is 0 Å². The highest BCUT2D eigenvalue weighted by Gasteiger charge is 1.95. The first kappa shape index (κ1) is 10.4. The maximum atomic E-state index is 2.41. The average molecular weight is 353 g/mol. The summed E-state index contributed by atoms with van der Waals surface area (Å²) in [4.78, 5) is 0. The third-order valence-corrected chi connectivity index (χ3v) is 2.53. The van der Waals surface area contributed by atoms with Crippen LogP contribution < -0.4 is 0 Å². The van der Waals surface area contributed by atoms with Crippen molar-refractivity contribution < 1.29 is 0 Å². The van der Waals surface area contributed by atoms with Gasteiger partial charge in [-0.15, -0.1) is 0 Å². The fourth-order valence-electron chi connectivity index (χ4n) is 0.533. The molecule has 0 aliphatic rings. The molecule has 9 heavy (non-hydrogen) atoms. The lowest BCUT2D eigenvalue weighted by molar-refractivity contribution is 0.520. The first-order chi connectivity index (χ1) is 4.31. The van der Waals surface area contributed by atoms with Crippen LogP contribution in [-0.2, 0) is 0 Å². The summed E-state index contributed by atoms with van der Waals surface area (Å²) < 4.78 is 3.60. The van der Waals surface area contributed by atoms with Gasteiger partial charge >= 0.3 is 0 Å². The Morgan fingerprint density at radius 2 is 2.00 bits per heavy atom. The summed E-state index contributed by atoms with van der Waals surface area (Å²) in [5.74, 6) is 0. The van der Waals surface area contributed by atoms with Gasteiger partial charge in [0.1, 0.15) is 0 Å². The largest absolute Gasteiger partial charge is 0.247 e. The zero-order chi connectivity index (χ0) is 7.11. The van der Waals surface area contributed by atoms with Crippen molar-refractivity contribution in [2.24, 2.45) is 0 Å². The van der Waals surface area contributed by atoms with Crippen LogP contribution in [0, 0.1) is 0 Å². The van der Waals surface area contributed by atoms with Crippen LogP contribution in [0.3, 0.4) is 0 Å². The Hall–Kier alpha value is 1.42. The van der Waals surface area contributed by atoms with Gasteiger partial charge < -0.3 is 0 Å². The second kappa shape index (κ2) is 7.53. The molecule has 3 heteroatoms. The summed E-state index contributed by atoms with van der Waals surface area (Å²) in [6.07, 6.45) is 2.64. The van der Waals surface area contributed by atoms with E-state index in [9.17, 15) is 0 Å². The predicted octanol–water partition coefficient (Wildman–Crippen LogP) is 2.87. The molecular formula is C6H13I2N. The van der Waals surface area contributed by atoms with Crippen molar-refractivity contribution in [2.45, 2.75) is 19.8 Å². The Kier molecular flexibility index (Phi) is 8.71. The van der Waals surface area contributed by atoms with Crippen molar-refractivity contribution in [3.05, 3.63) is 0 Å². The molecule has 1 nitrogen and oxygen atoms in total. The monoisotopic (exact) mass is 353 g/mol. The molecule has 56 valence electrons. The van der Waals surface area contributed by atoms with Crippen LogP contribution in [0.15, 0.2) is 0 Å². The van der Waals surface area contributed by atoms with Crippen LogP contribution in [0.1, 0.15) is 19.8 Å². The fourth-order valence-corrected chi connectivity index (χ4v) is 2.62. The molecular weight excluding hydrogens is 340 g/mol. The molecule has 0 aromatic carbocycles. The van der Waals surface area contributed by atoms with Gasteiger partial charge in [0.25, 0.3) is 0 Å². The number of alkyl halides is 1. The number of rotatable bonds is 5. The Balaban J connectivity index is 2.95. The quantitative estimate of drug-likeness (QED) is 0.418. The third-order valence-electron chi connectivity index (χ3n) is 1.08. The first-order valence-corrected chi connectivity index (χ1v) is 5.77. The van der Waals surface area contributed by atoms with Gasteiger partial charge in [0.2, 0.25) is 0 Å². The van der Waals surface area contributed by atoms with Crippen LogP contribution in [-0.4, -0.2) is 20.6 Å². The second-order valence-electron chi connectivity index (χ2n) is 1.95. The van der Waals surface area contributed by atoms with Gasteiger partial charge in [0.05, 0.1) is 0 Å². The maximum absolute atomic E-state index is 2.41. The Morgan fingerprint density at radius 3 is 2.44 bits per heavy atom. The van der Waals surface area contributed by atoms with Crippen LogP contribution in [0.5, 0.6) is 0 Å². The number of hydrogen-bond donors (Lipinski definition) is 0. The molecule has 0 spiro atoms. The van der Waals surface area contributed by atoms with E-state index in [1.165, 1.54) is 30.4 Å². The Bertz CT molecular complexity index is 59.0. The van der Waals surface area contributed by atoms with Crippen LogP contribution >= 0.6 is 45.5 Å². The van der Waals surface area contributed by atoms with Crippen molar-refractivity contribution in [3.63, 3.8) is 0 Å². The minimum atomic E-state index is 1.22. The van der Waals surface area contributed by atoms with E-state index in [1.807, 2.05) is 0 Å². The van der Waals surface area contributed by atoms with Gasteiger partial charge in [-0.2, -0.15) is 0 Å². The zero-order valence-corrected chi connectivity index (χ0v) is 10.1. The van der Waals surface area contributed by atoms with Crippen LogP contribution in [0.25, 0.3) is 0 Å². The van der Waals surface area contributed by atoms with Gasteiger partial charge in [0, 0.05) is 40.4 Å².